The topological polar surface area (TPSA) is 21.3 Å². The van der Waals surface area contributed by atoms with Crippen molar-refractivity contribution >= 4 is 23.5 Å². The first kappa shape index (κ1) is 14.1. The van der Waals surface area contributed by atoms with Gasteiger partial charge in [-0.3, -0.25) is 0 Å². The van der Waals surface area contributed by atoms with Crippen molar-refractivity contribution in [2.45, 2.75) is 18.2 Å². The van der Waals surface area contributed by atoms with E-state index >= 15 is 0 Å². The fourth-order valence-electron chi connectivity index (χ4n) is 2.26. The number of benzene rings is 1. The van der Waals surface area contributed by atoms with Gasteiger partial charge in [-0.05, 0) is 20.0 Å². The van der Waals surface area contributed by atoms with E-state index in [9.17, 15) is 0 Å². The molecule has 0 radical (unpaired) electrons. The van der Waals surface area contributed by atoms with Crippen molar-refractivity contribution in [3.05, 3.63) is 29.8 Å². The van der Waals surface area contributed by atoms with Gasteiger partial charge < -0.3 is 10.1 Å². The molecule has 0 aromatic heterocycles. The zero-order valence-corrected chi connectivity index (χ0v) is 12.7. The lowest BCUT2D eigenvalue weighted by Gasteiger charge is -2.30. The fraction of sp³-hybridized carbons (Fsp3) is 0.571. The van der Waals surface area contributed by atoms with E-state index in [4.69, 9.17) is 4.74 Å². The van der Waals surface area contributed by atoms with Gasteiger partial charge in [0.2, 0.25) is 0 Å². The van der Waals surface area contributed by atoms with Crippen LogP contribution in [0.2, 0.25) is 0 Å². The van der Waals surface area contributed by atoms with Gasteiger partial charge in [0.15, 0.2) is 0 Å². The van der Waals surface area contributed by atoms with Crippen LogP contribution in [0.1, 0.15) is 18.5 Å². The van der Waals surface area contributed by atoms with Crippen molar-refractivity contribution in [1.29, 1.82) is 0 Å². The van der Waals surface area contributed by atoms with Crippen LogP contribution >= 0.6 is 23.5 Å². The van der Waals surface area contributed by atoms with E-state index in [1.807, 2.05) is 20.0 Å². The number of thioether (sulfide) groups is 2. The first-order chi connectivity index (χ1) is 8.86. The molecule has 1 N–H and O–H groups in total. The summed E-state index contributed by atoms with van der Waals surface area (Å²) in [6.07, 6.45) is 0. The Morgan fingerprint density at radius 1 is 1.39 bits per heavy atom. The van der Waals surface area contributed by atoms with Gasteiger partial charge in [0, 0.05) is 34.1 Å². The molecule has 1 aliphatic heterocycles. The Bertz CT molecular complexity index is 367. The van der Waals surface area contributed by atoms with Gasteiger partial charge in [-0.25, -0.2) is 0 Å². The molecule has 2 rings (SSSR count). The maximum absolute atomic E-state index is 5.75. The van der Waals surface area contributed by atoms with Crippen LogP contribution in [0, 0.1) is 0 Å². The lowest BCUT2D eigenvalue weighted by atomic mass is 10.0. The van der Waals surface area contributed by atoms with Crippen molar-refractivity contribution in [2.24, 2.45) is 0 Å². The highest BCUT2D eigenvalue weighted by Gasteiger charge is 2.26. The highest BCUT2D eigenvalue weighted by atomic mass is 32.2. The van der Waals surface area contributed by atoms with Gasteiger partial charge >= 0.3 is 0 Å². The third-order valence-electron chi connectivity index (χ3n) is 3.08. The van der Waals surface area contributed by atoms with Crippen LogP contribution in [0.4, 0.5) is 0 Å². The van der Waals surface area contributed by atoms with Crippen molar-refractivity contribution in [3.8, 4) is 5.75 Å². The number of para-hydroxylation sites is 1. The lowest BCUT2D eigenvalue weighted by molar-refractivity contribution is 0.332. The molecule has 1 aromatic rings. The molecule has 0 saturated carbocycles. The van der Waals surface area contributed by atoms with Crippen LogP contribution in [0.25, 0.3) is 0 Å². The molecule has 18 heavy (non-hydrogen) atoms. The van der Waals surface area contributed by atoms with E-state index in [-0.39, 0.29) is 0 Å². The van der Waals surface area contributed by atoms with Gasteiger partial charge in [0.05, 0.1) is 6.61 Å². The molecule has 100 valence electrons. The predicted octanol–water partition coefficient (Wildman–Crippen LogP) is 3.19. The number of rotatable bonds is 5. The first-order valence-corrected chi connectivity index (χ1v) is 8.65. The Kier molecular flexibility index (Phi) is 5.73. The molecule has 0 aliphatic carbocycles. The Hall–Kier alpha value is -0.320. The summed E-state index contributed by atoms with van der Waals surface area (Å²) in [5.74, 6) is 4.78. The Balaban J connectivity index is 2.20. The number of nitrogens with one attached hydrogen (secondary N) is 1. The summed E-state index contributed by atoms with van der Waals surface area (Å²) in [5.41, 5.74) is 1.29. The summed E-state index contributed by atoms with van der Waals surface area (Å²) in [7, 11) is 2.05. The minimum atomic E-state index is 0.380. The molecule has 0 bridgehead atoms. The average Bonchev–Trinajstić information content (AvgIpc) is 2.43. The largest absolute Gasteiger partial charge is 0.494 e. The molecular weight excluding hydrogens is 262 g/mol. The molecule has 0 spiro atoms. The van der Waals surface area contributed by atoms with E-state index in [1.54, 1.807) is 0 Å². The molecule has 1 fully saturated rings. The van der Waals surface area contributed by atoms with E-state index in [0.29, 0.717) is 11.3 Å². The fourth-order valence-corrected chi connectivity index (χ4v) is 5.16. The van der Waals surface area contributed by atoms with Gasteiger partial charge in [-0.2, -0.15) is 23.5 Å². The maximum atomic E-state index is 5.75. The van der Waals surface area contributed by atoms with Gasteiger partial charge in [-0.1, -0.05) is 18.2 Å². The third-order valence-corrected chi connectivity index (χ3v) is 5.94. The van der Waals surface area contributed by atoms with Crippen LogP contribution in [0.15, 0.2) is 24.3 Å². The molecule has 2 unspecified atom stereocenters. The van der Waals surface area contributed by atoms with Crippen LogP contribution < -0.4 is 10.1 Å². The quantitative estimate of drug-likeness (QED) is 0.895. The van der Waals surface area contributed by atoms with Crippen LogP contribution in [-0.4, -0.2) is 36.2 Å². The van der Waals surface area contributed by atoms with E-state index in [0.717, 1.165) is 12.4 Å². The lowest BCUT2D eigenvalue weighted by Crippen LogP contribution is -2.31. The minimum absolute atomic E-state index is 0.380. The number of hydrogen-bond donors (Lipinski definition) is 1. The van der Waals surface area contributed by atoms with Gasteiger partial charge in [-0.15, -0.1) is 0 Å². The second kappa shape index (κ2) is 7.31. The van der Waals surface area contributed by atoms with Crippen LogP contribution in [-0.2, 0) is 0 Å². The molecule has 1 heterocycles. The molecule has 2 atom stereocenters. The summed E-state index contributed by atoms with van der Waals surface area (Å²) in [5, 5.41) is 4.11. The second-order valence-corrected chi connectivity index (χ2v) is 6.72. The molecule has 1 saturated heterocycles. The predicted molar refractivity (Wildman–Crippen MR) is 83.0 cm³/mol. The average molecular weight is 283 g/mol. The summed E-state index contributed by atoms with van der Waals surface area (Å²) in [4.78, 5) is 0. The molecule has 1 aliphatic rings. The Morgan fingerprint density at radius 3 is 2.89 bits per heavy atom. The standard InChI is InChI=1S/C14H21NOS2/c1-3-16-12-7-5-4-6-11(12)14(15-2)13-10-17-8-9-18-13/h4-7,13-15H,3,8-10H2,1-2H3. The van der Waals surface area contributed by atoms with E-state index in [1.165, 1.54) is 22.8 Å². The highest BCUT2D eigenvalue weighted by Crippen LogP contribution is 2.36. The minimum Gasteiger partial charge on any atom is -0.494 e. The molecule has 1 aromatic carbocycles. The third kappa shape index (κ3) is 3.37. The van der Waals surface area contributed by atoms with Crippen LogP contribution in [0.3, 0.4) is 0 Å². The smallest absolute Gasteiger partial charge is 0.124 e. The number of hydrogen-bond acceptors (Lipinski definition) is 4. The van der Waals surface area contributed by atoms with Crippen molar-refractivity contribution < 1.29 is 4.74 Å². The molecular formula is C14H21NOS2. The normalized spacial score (nSPS) is 21.6. The Morgan fingerprint density at radius 2 is 2.22 bits per heavy atom. The summed E-state index contributed by atoms with van der Waals surface area (Å²) in [6, 6.07) is 8.79. The maximum Gasteiger partial charge on any atom is 0.124 e. The second-order valence-electron chi connectivity index (χ2n) is 4.22. The molecule has 0 amide bonds. The summed E-state index contributed by atoms with van der Waals surface area (Å²) >= 11 is 4.14. The zero-order valence-electron chi connectivity index (χ0n) is 11.0. The highest BCUT2D eigenvalue weighted by molar-refractivity contribution is 8.06. The van der Waals surface area contributed by atoms with Gasteiger partial charge in [0.25, 0.3) is 0 Å². The SMILES string of the molecule is CCOc1ccccc1C(NC)C1CSCCS1. The van der Waals surface area contributed by atoms with Crippen LogP contribution in [0.5, 0.6) is 5.75 Å². The van der Waals surface area contributed by atoms with E-state index < -0.39 is 0 Å². The first-order valence-electron chi connectivity index (χ1n) is 6.45. The van der Waals surface area contributed by atoms with Crippen molar-refractivity contribution in [2.75, 3.05) is 30.9 Å². The zero-order chi connectivity index (χ0) is 12.8. The molecule has 2 nitrogen and oxygen atoms in total. The Labute approximate surface area is 118 Å². The van der Waals surface area contributed by atoms with Crippen molar-refractivity contribution in [3.63, 3.8) is 0 Å². The monoisotopic (exact) mass is 283 g/mol. The van der Waals surface area contributed by atoms with Gasteiger partial charge in [0.1, 0.15) is 5.75 Å². The van der Waals surface area contributed by atoms with Crippen molar-refractivity contribution in [1.82, 2.24) is 5.32 Å². The number of ether oxygens (including phenoxy) is 1. The molecule has 4 heteroatoms. The summed E-state index contributed by atoms with van der Waals surface area (Å²) < 4.78 is 5.75. The summed E-state index contributed by atoms with van der Waals surface area (Å²) in [6.45, 7) is 2.76. The van der Waals surface area contributed by atoms with E-state index in [2.05, 4.69) is 47.0 Å².